The van der Waals surface area contributed by atoms with Crippen molar-refractivity contribution >= 4 is 26.0 Å². The molecule has 0 radical (unpaired) electrons. The lowest BCUT2D eigenvalue weighted by Crippen LogP contribution is -2.12. The Kier molecular flexibility index (Phi) is 2.86. The van der Waals surface area contributed by atoms with Gasteiger partial charge in [-0.05, 0) is 34.1 Å². The summed E-state index contributed by atoms with van der Waals surface area (Å²) < 4.78 is 37.9. The van der Waals surface area contributed by atoms with Crippen LogP contribution in [0.1, 0.15) is 0 Å². The highest BCUT2D eigenvalue weighted by Crippen LogP contribution is 2.22. The van der Waals surface area contributed by atoms with Crippen molar-refractivity contribution in [2.45, 2.75) is 4.90 Å². The average molecular weight is 304 g/mol. The van der Waals surface area contributed by atoms with Crippen LogP contribution in [-0.4, -0.2) is 12.4 Å². The number of nitrogens with zero attached hydrogens (tertiary/aromatic N) is 1. The van der Waals surface area contributed by atoms with Crippen molar-refractivity contribution in [1.82, 2.24) is 3.97 Å². The third kappa shape index (κ3) is 1.78. The van der Waals surface area contributed by atoms with Gasteiger partial charge in [-0.1, -0.05) is 18.2 Å². The molecule has 6 heteroatoms. The highest BCUT2D eigenvalue weighted by Gasteiger charge is 2.20. The molecule has 0 bridgehead atoms. The molecule has 1 aromatic carbocycles. The zero-order valence-corrected chi connectivity index (χ0v) is 10.4. The van der Waals surface area contributed by atoms with Gasteiger partial charge in [0.15, 0.2) is 5.82 Å². The third-order valence-electron chi connectivity index (χ3n) is 2.05. The summed E-state index contributed by atoms with van der Waals surface area (Å²) in [5.41, 5.74) is 0. The number of benzene rings is 1. The maximum absolute atomic E-state index is 13.1. The summed E-state index contributed by atoms with van der Waals surface area (Å²) in [7, 11) is -3.72. The molecule has 2 rings (SSSR count). The van der Waals surface area contributed by atoms with Crippen LogP contribution in [0.3, 0.4) is 0 Å². The largest absolute Gasteiger partial charge is 0.268 e. The van der Waals surface area contributed by atoms with Gasteiger partial charge in [-0.3, -0.25) is 0 Å². The van der Waals surface area contributed by atoms with Crippen molar-refractivity contribution in [2.75, 3.05) is 0 Å². The second-order valence-electron chi connectivity index (χ2n) is 3.07. The molecule has 0 N–H and O–H groups in total. The topological polar surface area (TPSA) is 39.1 Å². The molecule has 0 amide bonds. The summed E-state index contributed by atoms with van der Waals surface area (Å²) in [5, 5.41) is 0. The molecule has 3 nitrogen and oxygen atoms in total. The zero-order valence-electron chi connectivity index (χ0n) is 7.97. The molecule has 0 aliphatic rings. The first kappa shape index (κ1) is 11.3. The van der Waals surface area contributed by atoms with Crippen LogP contribution >= 0.6 is 15.9 Å². The van der Waals surface area contributed by atoms with Gasteiger partial charge in [0.2, 0.25) is 0 Å². The average Bonchev–Trinajstić information content (AvgIpc) is 2.61. The van der Waals surface area contributed by atoms with Crippen molar-refractivity contribution < 1.29 is 12.8 Å². The fourth-order valence-corrected chi connectivity index (χ4v) is 3.33. The highest BCUT2D eigenvalue weighted by molar-refractivity contribution is 9.10. The molecule has 2 aromatic rings. The highest BCUT2D eigenvalue weighted by atomic mass is 79.9. The third-order valence-corrected chi connectivity index (χ3v) is 4.73. The Morgan fingerprint density at radius 2 is 1.75 bits per heavy atom. The summed E-state index contributed by atoms with van der Waals surface area (Å²) in [6, 6.07) is 8.94. The minimum atomic E-state index is -3.72. The molecule has 1 aromatic heterocycles. The Hall–Kier alpha value is -1.14. The summed E-state index contributed by atoms with van der Waals surface area (Å²) >= 11 is 2.89. The molecule has 16 heavy (non-hydrogen) atoms. The fourth-order valence-electron chi connectivity index (χ4n) is 1.26. The normalized spacial score (nSPS) is 11.6. The predicted octanol–water partition coefficient (Wildman–Crippen LogP) is 2.63. The van der Waals surface area contributed by atoms with Crippen molar-refractivity contribution in [2.24, 2.45) is 0 Å². The Bertz CT molecular complexity index is 607. The first-order chi connectivity index (χ1) is 7.53. The van der Waals surface area contributed by atoms with Crippen LogP contribution < -0.4 is 0 Å². The number of hydrogen-bond donors (Lipinski definition) is 0. The van der Waals surface area contributed by atoms with Crippen LogP contribution in [0.15, 0.2) is 52.1 Å². The van der Waals surface area contributed by atoms with E-state index in [1.165, 1.54) is 18.3 Å². The van der Waals surface area contributed by atoms with E-state index in [9.17, 15) is 12.8 Å². The van der Waals surface area contributed by atoms with Crippen molar-refractivity contribution in [1.29, 1.82) is 0 Å². The SMILES string of the molecule is O=S(=O)(c1ccccc1)n1ccc(F)c1Br. The molecule has 0 aliphatic heterocycles. The smallest absolute Gasteiger partial charge is 0.232 e. The van der Waals surface area contributed by atoms with Gasteiger partial charge in [0.25, 0.3) is 10.0 Å². The minimum Gasteiger partial charge on any atom is -0.232 e. The van der Waals surface area contributed by atoms with Crippen LogP contribution in [0.25, 0.3) is 0 Å². The molecule has 84 valence electrons. The van der Waals surface area contributed by atoms with Crippen LogP contribution in [-0.2, 0) is 10.0 Å². The van der Waals surface area contributed by atoms with Gasteiger partial charge in [0.1, 0.15) is 4.60 Å². The van der Waals surface area contributed by atoms with Crippen LogP contribution in [0.4, 0.5) is 4.39 Å². The van der Waals surface area contributed by atoms with E-state index >= 15 is 0 Å². The molecule has 0 saturated carbocycles. The molecule has 0 aliphatic carbocycles. The Labute approximate surface area is 101 Å². The summed E-state index contributed by atoms with van der Waals surface area (Å²) in [5.74, 6) is -0.612. The van der Waals surface area contributed by atoms with Crippen LogP contribution in [0.5, 0.6) is 0 Å². The summed E-state index contributed by atoms with van der Waals surface area (Å²) in [6.45, 7) is 0. The van der Waals surface area contributed by atoms with Gasteiger partial charge < -0.3 is 0 Å². The molecule has 0 unspecified atom stereocenters. The molecular formula is C10H7BrFNO2S. The van der Waals surface area contributed by atoms with E-state index in [-0.39, 0.29) is 9.50 Å². The Morgan fingerprint density at radius 1 is 1.12 bits per heavy atom. The van der Waals surface area contributed by atoms with E-state index in [0.717, 1.165) is 10.0 Å². The summed E-state index contributed by atoms with van der Waals surface area (Å²) in [4.78, 5) is 0.117. The molecule has 0 saturated heterocycles. The molecule has 1 heterocycles. The van der Waals surface area contributed by atoms with E-state index in [1.54, 1.807) is 18.2 Å². The zero-order chi connectivity index (χ0) is 11.8. The maximum atomic E-state index is 13.1. The lowest BCUT2D eigenvalue weighted by Gasteiger charge is -2.06. The second-order valence-corrected chi connectivity index (χ2v) is 5.63. The van der Waals surface area contributed by atoms with Gasteiger partial charge in [-0.25, -0.2) is 16.8 Å². The summed E-state index contributed by atoms with van der Waals surface area (Å²) in [6.07, 6.45) is 1.17. The number of halogens is 2. The van der Waals surface area contributed by atoms with E-state index < -0.39 is 15.8 Å². The van der Waals surface area contributed by atoms with Gasteiger partial charge in [0.05, 0.1) is 4.90 Å². The first-order valence-corrected chi connectivity index (χ1v) is 6.60. The molecular weight excluding hydrogens is 297 g/mol. The van der Waals surface area contributed by atoms with Crippen molar-refractivity contribution in [3.63, 3.8) is 0 Å². The lowest BCUT2D eigenvalue weighted by atomic mass is 10.4. The van der Waals surface area contributed by atoms with Crippen molar-refractivity contribution in [3.05, 3.63) is 53.0 Å². The fraction of sp³-hybridized carbons (Fsp3) is 0. The standard InChI is InChI=1S/C10H7BrFNO2S/c11-10-9(12)6-7-13(10)16(14,15)8-4-2-1-3-5-8/h1-7H. The monoisotopic (exact) mass is 303 g/mol. The quantitative estimate of drug-likeness (QED) is 0.855. The first-order valence-electron chi connectivity index (χ1n) is 4.36. The second kappa shape index (κ2) is 4.03. The minimum absolute atomic E-state index is 0.101. The lowest BCUT2D eigenvalue weighted by molar-refractivity contribution is 0.581. The van der Waals surface area contributed by atoms with Crippen LogP contribution in [0, 0.1) is 5.82 Å². The Morgan fingerprint density at radius 3 is 2.25 bits per heavy atom. The molecule has 0 spiro atoms. The van der Waals surface area contributed by atoms with Crippen LogP contribution in [0.2, 0.25) is 0 Å². The number of hydrogen-bond acceptors (Lipinski definition) is 2. The van der Waals surface area contributed by atoms with Gasteiger partial charge in [-0.15, -0.1) is 0 Å². The van der Waals surface area contributed by atoms with E-state index in [0.29, 0.717) is 0 Å². The van der Waals surface area contributed by atoms with E-state index in [1.807, 2.05) is 0 Å². The van der Waals surface area contributed by atoms with Crippen molar-refractivity contribution in [3.8, 4) is 0 Å². The maximum Gasteiger partial charge on any atom is 0.268 e. The number of aromatic nitrogens is 1. The Balaban J connectivity index is 2.61. The van der Waals surface area contributed by atoms with Gasteiger partial charge in [0, 0.05) is 6.20 Å². The predicted molar refractivity (Wildman–Crippen MR) is 61.1 cm³/mol. The molecule has 0 fully saturated rings. The van der Waals surface area contributed by atoms with Gasteiger partial charge in [-0.2, -0.15) is 0 Å². The van der Waals surface area contributed by atoms with E-state index in [4.69, 9.17) is 0 Å². The number of rotatable bonds is 2. The van der Waals surface area contributed by atoms with Gasteiger partial charge >= 0.3 is 0 Å². The van der Waals surface area contributed by atoms with E-state index in [2.05, 4.69) is 15.9 Å². The molecule has 0 atom stereocenters.